The maximum atomic E-state index is 7.42. The number of nitrogens with zero attached hydrogens (tertiary/aromatic N) is 1. The third kappa shape index (κ3) is 1.45. The lowest BCUT2D eigenvalue weighted by Gasteiger charge is -2.21. The second-order valence-electron chi connectivity index (χ2n) is 1.26. The van der Waals surface area contributed by atoms with Crippen molar-refractivity contribution < 1.29 is 9.60 Å². The molecule has 1 aliphatic heterocycles. The molecule has 0 atom stereocenters. The van der Waals surface area contributed by atoms with Crippen LogP contribution in [0.25, 0.3) is 0 Å². The van der Waals surface area contributed by atoms with E-state index in [-0.39, 0.29) is 13.1 Å². The van der Waals surface area contributed by atoms with Crippen LogP contribution in [-0.4, -0.2) is 38.0 Å². The molecule has 1 N–H and O–H groups in total. The van der Waals surface area contributed by atoms with Crippen LogP contribution >= 0.6 is 0 Å². The molecule has 7 heavy (non-hydrogen) atoms. The highest BCUT2D eigenvalue weighted by Gasteiger charge is 2.01. The van der Waals surface area contributed by atoms with Gasteiger partial charge in [0.25, 0.3) is 0 Å². The summed E-state index contributed by atoms with van der Waals surface area (Å²) in [4.78, 5) is 0.309. The zero-order valence-corrected chi connectivity index (χ0v) is 3.86. The molecule has 0 bridgehead atoms. The molecule has 2 nitrogen and oxygen atoms in total. The summed E-state index contributed by atoms with van der Waals surface area (Å²) in [5.74, 6) is 0. The molecule has 0 aliphatic carbocycles. The van der Waals surface area contributed by atoms with Crippen molar-refractivity contribution >= 4 is 0 Å². The van der Waals surface area contributed by atoms with Crippen LogP contribution in [0.15, 0.2) is 0 Å². The monoisotopic (exact) mass is 107 g/mol. The Balaban J connectivity index is 3.04. The van der Waals surface area contributed by atoms with E-state index in [0.29, 0.717) is 4.90 Å². The molecule has 1 saturated heterocycles. The summed E-state index contributed by atoms with van der Waals surface area (Å²) < 4.78 is 51.0. The molecular weight excluding hydrogens is 88.1 g/mol. The predicted octanol–water partition coefficient (Wildman–Crippen LogP) is -0.479. The summed E-state index contributed by atoms with van der Waals surface area (Å²) in [5.41, 5.74) is 0. The van der Waals surface area contributed by atoms with Gasteiger partial charge in [0.2, 0.25) is 0 Å². The Kier molecular flexibility index (Phi) is 0.408. The van der Waals surface area contributed by atoms with Gasteiger partial charge < -0.3 is 10.2 Å². The van der Waals surface area contributed by atoms with E-state index in [9.17, 15) is 0 Å². The van der Waals surface area contributed by atoms with Crippen molar-refractivity contribution in [1.82, 2.24) is 10.2 Å². The zero-order chi connectivity index (χ0) is 11.2. The largest absolute Gasteiger partial charge is 0.314 e. The number of rotatable bonds is 0. The molecular formula is C5H12N2. The Bertz CT molecular complexity index is 207. The lowest BCUT2D eigenvalue weighted by atomic mass is 10.4. The average molecular weight is 107 g/mol. The number of piperazine rings is 1. The summed E-state index contributed by atoms with van der Waals surface area (Å²) in [6, 6.07) is 0. The molecule has 0 aromatic rings. The van der Waals surface area contributed by atoms with E-state index in [2.05, 4.69) is 5.32 Å². The second-order valence-corrected chi connectivity index (χ2v) is 1.26. The molecule has 0 saturated carbocycles. The fraction of sp³-hybridized carbons (Fsp3) is 1.00. The van der Waals surface area contributed by atoms with Crippen LogP contribution in [0.5, 0.6) is 0 Å². The predicted molar refractivity (Wildman–Crippen MR) is 30.4 cm³/mol. The lowest BCUT2D eigenvalue weighted by Crippen LogP contribution is -2.40. The molecule has 42 valence electrons. The SMILES string of the molecule is [2H]C([2H])([2H])N1C([2H])([2H])CNCC1([2H])[2H]. The van der Waals surface area contributed by atoms with Gasteiger partial charge in [-0.15, -0.1) is 0 Å². The third-order valence-corrected chi connectivity index (χ3v) is 0.724. The third-order valence-electron chi connectivity index (χ3n) is 0.724. The van der Waals surface area contributed by atoms with Crippen molar-refractivity contribution in [2.75, 3.05) is 33.1 Å². The van der Waals surface area contributed by atoms with Gasteiger partial charge in [-0.25, -0.2) is 0 Å². The van der Waals surface area contributed by atoms with Crippen LogP contribution in [0.2, 0.25) is 0 Å². The first kappa shape index (κ1) is 1.25. The Hall–Kier alpha value is -0.0800. The van der Waals surface area contributed by atoms with Crippen LogP contribution in [0, 0.1) is 0 Å². The lowest BCUT2D eigenvalue weighted by molar-refractivity contribution is 0.291. The minimum atomic E-state index is -2.77. The van der Waals surface area contributed by atoms with Crippen molar-refractivity contribution in [3.63, 3.8) is 0 Å². The van der Waals surface area contributed by atoms with Gasteiger partial charge in [0.05, 0.1) is 0 Å². The standard InChI is InChI=1S/C5H12N2/c1-7-4-2-6-3-5-7/h6H,2-5H2,1H3/i1D3,4D2,5D2. The van der Waals surface area contributed by atoms with Crippen LogP contribution in [0.4, 0.5) is 0 Å². The van der Waals surface area contributed by atoms with Crippen molar-refractivity contribution in [2.45, 2.75) is 0 Å². The van der Waals surface area contributed by atoms with Crippen molar-refractivity contribution in [3.8, 4) is 0 Å². The second kappa shape index (κ2) is 2.28. The molecule has 0 unspecified atom stereocenters. The minimum absolute atomic E-state index is 0.190. The summed E-state index contributed by atoms with van der Waals surface area (Å²) in [6.07, 6.45) is 0. The summed E-state index contributed by atoms with van der Waals surface area (Å²) in [7, 11) is 0. The molecule has 0 aromatic heterocycles. The van der Waals surface area contributed by atoms with Gasteiger partial charge in [-0.2, -0.15) is 0 Å². The molecule has 1 heterocycles. The van der Waals surface area contributed by atoms with Crippen molar-refractivity contribution in [2.24, 2.45) is 0 Å². The highest BCUT2D eigenvalue weighted by atomic mass is 15.2. The molecule has 1 aliphatic rings. The van der Waals surface area contributed by atoms with E-state index in [0.717, 1.165) is 0 Å². The minimum Gasteiger partial charge on any atom is -0.314 e. The van der Waals surface area contributed by atoms with E-state index >= 15 is 0 Å². The quantitative estimate of drug-likeness (QED) is 0.450. The number of likely N-dealkylation sites (N-methyl/N-ethyl adjacent to an activating group) is 1. The van der Waals surface area contributed by atoms with Crippen LogP contribution in [-0.2, 0) is 0 Å². The molecule has 0 aromatic carbocycles. The zero-order valence-electron chi connectivity index (χ0n) is 10.9. The maximum absolute atomic E-state index is 7.42. The highest BCUT2D eigenvalue weighted by molar-refractivity contribution is 4.62. The first-order valence-electron chi connectivity index (χ1n) is 5.59. The Morgan fingerprint density at radius 1 is 1.71 bits per heavy atom. The molecule has 0 amide bonds. The van der Waals surface area contributed by atoms with Gasteiger partial charge in [-0.1, -0.05) is 0 Å². The van der Waals surface area contributed by atoms with E-state index in [1.54, 1.807) is 0 Å². The Morgan fingerprint density at radius 3 is 2.86 bits per heavy atom. The molecule has 0 radical (unpaired) electrons. The summed E-state index contributed by atoms with van der Waals surface area (Å²) in [6.45, 7) is -7.55. The molecule has 2 heteroatoms. The van der Waals surface area contributed by atoms with Crippen LogP contribution in [0.3, 0.4) is 0 Å². The van der Waals surface area contributed by atoms with Gasteiger partial charge >= 0.3 is 0 Å². The number of nitrogens with one attached hydrogen (secondary N) is 1. The van der Waals surface area contributed by atoms with Gasteiger partial charge in [-0.3, -0.25) is 0 Å². The Labute approximate surface area is 54.3 Å². The average Bonchev–Trinajstić information content (AvgIpc) is 1.76. The normalized spacial score (nSPS) is 56.3. The maximum Gasteiger partial charge on any atom is 0.0444 e. The van der Waals surface area contributed by atoms with E-state index in [1.165, 1.54) is 0 Å². The summed E-state index contributed by atoms with van der Waals surface area (Å²) >= 11 is 0. The first-order chi connectivity index (χ1) is 6.07. The first-order valence-corrected chi connectivity index (χ1v) is 2.09. The fourth-order valence-electron chi connectivity index (χ4n) is 0.388. The smallest absolute Gasteiger partial charge is 0.0444 e. The van der Waals surface area contributed by atoms with E-state index in [1.807, 2.05) is 0 Å². The number of hydrogen-bond donors (Lipinski definition) is 1. The molecule has 1 rings (SSSR count). The van der Waals surface area contributed by atoms with Crippen LogP contribution in [0.1, 0.15) is 9.60 Å². The topological polar surface area (TPSA) is 15.3 Å². The fourth-order valence-corrected chi connectivity index (χ4v) is 0.388. The summed E-state index contributed by atoms with van der Waals surface area (Å²) in [5, 5.41) is 2.53. The van der Waals surface area contributed by atoms with Gasteiger partial charge in [0.15, 0.2) is 0 Å². The van der Waals surface area contributed by atoms with E-state index < -0.39 is 20.0 Å². The molecule has 1 fully saturated rings. The van der Waals surface area contributed by atoms with Gasteiger partial charge in [0.1, 0.15) is 0 Å². The highest BCUT2D eigenvalue weighted by Crippen LogP contribution is 1.82. The van der Waals surface area contributed by atoms with Crippen LogP contribution < -0.4 is 5.32 Å². The van der Waals surface area contributed by atoms with Gasteiger partial charge in [-0.05, 0) is 6.98 Å². The number of hydrogen-bond acceptors (Lipinski definition) is 2. The van der Waals surface area contributed by atoms with Gasteiger partial charge in [0, 0.05) is 35.7 Å². The molecule has 0 spiro atoms. The van der Waals surface area contributed by atoms with Crippen molar-refractivity contribution in [1.29, 1.82) is 0 Å². The van der Waals surface area contributed by atoms with Crippen molar-refractivity contribution in [3.05, 3.63) is 0 Å². The van der Waals surface area contributed by atoms with E-state index in [4.69, 9.17) is 9.60 Å². The Morgan fingerprint density at radius 2 is 2.43 bits per heavy atom.